The number of benzene rings is 3. The molecule has 1 unspecified atom stereocenters. The highest BCUT2D eigenvalue weighted by Gasteiger charge is 2.48. The molecular formula is C29H26N2O5S. The van der Waals surface area contributed by atoms with Gasteiger partial charge < -0.3 is 14.6 Å². The summed E-state index contributed by atoms with van der Waals surface area (Å²) < 4.78 is 11.7. The van der Waals surface area contributed by atoms with Gasteiger partial charge in [0, 0.05) is 5.56 Å². The highest BCUT2D eigenvalue weighted by molar-refractivity contribution is 7.22. The number of rotatable bonds is 6. The smallest absolute Gasteiger partial charge is 0.301 e. The van der Waals surface area contributed by atoms with Crippen LogP contribution >= 0.6 is 11.3 Å². The Bertz CT molecular complexity index is 1550. The zero-order valence-corrected chi connectivity index (χ0v) is 21.8. The normalized spacial score (nSPS) is 17.0. The number of ether oxygens (including phenoxy) is 2. The third-order valence-corrected chi connectivity index (χ3v) is 7.41. The third-order valence-electron chi connectivity index (χ3n) is 6.39. The van der Waals surface area contributed by atoms with Crippen LogP contribution in [0.1, 0.15) is 35.2 Å². The predicted molar refractivity (Wildman–Crippen MR) is 144 cm³/mol. The van der Waals surface area contributed by atoms with Crippen molar-refractivity contribution in [1.29, 1.82) is 0 Å². The Hall–Kier alpha value is -4.17. The standard InChI is InChI=1S/C29H26N2O5S/c1-5-36-19-10-8-18(9-11-19)25-24(26(32)21-14-16(2)6-7-17(21)3)27(33)28(34)31(25)29-30-22-13-12-20(35-4)15-23(22)37-29/h6-15,25,32H,5H2,1-4H3/b26-24+. The van der Waals surface area contributed by atoms with Gasteiger partial charge in [0.1, 0.15) is 17.3 Å². The number of hydrogen-bond donors (Lipinski definition) is 1. The lowest BCUT2D eigenvalue weighted by molar-refractivity contribution is -0.132. The van der Waals surface area contributed by atoms with Gasteiger partial charge in [-0.1, -0.05) is 41.2 Å². The van der Waals surface area contributed by atoms with E-state index < -0.39 is 17.7 Å². The van der Waals surface area contributed by atoms with Gasteiger partial charge in [-0.25, -0.2) is 4.98 Å². The van der Waals surface area contributed by atoms with Gasteiger partial charge in [0.15, 0.2) is 5.13 Å². The second-order valence-electron chi connectivity index (χ2n) is 8.82. The van der Waals surface area contributed by atoms with E-state index in [-0.39, 0.29) is 11.3 Å². The van der Waals surface area contributed by atoms with Crippen molar-refractivity contribution in [3.8, 4) is 11.5 Å². The molecule has 5 rings (SSSR count). The minimum atomic E-state index is -0.863. The first-order valence-electron chi connectivity index (χ1n) is 11.9. The summed E-state index contributed by atoms with van der Waals surface area (Å²) in [5.74, 6) is -0.359. The number of aliphatic hydroxyl groups is 1. The minimum Gasteiger partial charge on any atom is -0.507 e. The van der Waals surface area contributed by atoms with Gasteiger partial charge >= 0.3 is 5.91 Å². The van der Waals surface area contributed by atoms with Crippen molar-refractivity contribution in [1.82, 2.24) is 4.98 Å². The highest BCUT2D eigenvalue weighted by Crippen LogP contribution is 2.45. The number of carbonyl (C=O) groups excluding carboxylic acids is 2. The second kappa shape index (κ2) is 9.71. The van der Waals surface area contributed by atoms with Crippen LogP contribution in [0.3, 0.4) is 0 Å². The number of anilines is 1. The van der Waals surface area contributed by atoms with Crippen molar-refractivity contribution >= 4 is 44.1 Å². The van der Waals surface area contributed by atoms with E-state index in [2.05, 4.69) is 4.98 Å². The summed E-state index contributed by atoms with van der Waals surface area (Å²) in [6.45, 7) is 6.18. The number of fused-ring (bicyclic) bond motifs is 1. The molecule has 0 bridgehead atoms. The SMILES string of the molecule is CCOc1ccc(C2/C(=C(\O)c3cc(C)ccc3C)C(=O)C(=O)N2c2nc3ccc(OC)cc3s2)cc1. The lowest BCUT2D eigenvalue weighted by Crippen LogP contribution is -2.29. The Morgan fingerprint density at radius 2 is 1.76 bits per heavy atom. The lowest BCUT2D eigenvalue weighted by Gasteiger charge is -2.23. The monoisotopic (exact) mass is 514 g/mol. The molecule has 1 amide bonds. The van der Waals surface area contributed by atoms with Gasteiger partial charge in [-0.15, -0.1) is 0 Å². The maximum atomic E-state index is 13.5. The Kier molecular flexibility index (Phi) is 6.43. The largest absolute Gasteiger partial charge is 0.507 e. The van der Waals surface area contributed by atoms with Crippen molar-refractivity contribution in [2.24, 2.45) is 0 Å². The molecule has 0 radical (unpaired) electrons. The second-order valence-corrected chi connectivity index (χ2v) is 9.83. The molecule has 1 aliphatic rings. The predicted octanol–water partition coefficient (Wildman–Crippen LogP) is 5.95. The van der Waals surface area contributed by atoms with E-state index in [9.17, 15) is 14.7 Å². The molecular weight excluding hydrogens is 488 g/mol. The summed E-state index contributed by atoms with van der Waals surface area (Å²) in [6.07, 6.45) is 0. The molecule has 1 aromatic heterocycles. The summed E-state index contributed by atoms with van der Waals surface area (Å²) in [6, 6.07) is 17.4. The van der Waals surface area contributed by atoms with Gasteiger partial charge in [0.25, 0.3) is 5.78 Å². The van der Waals surface area contributed by atoms with Crippen LogP contribution in [0.15, 0.2) is 66.2 Å². The number of carbonyl (C=O) groups is 2. The van der Waals surface area contributed by atoms with Crippen LogP contribution in [0.2, 0.25) is 0 Å². The zero-order valence-electron chi connectivity index (χ0n) is 20.9. The Balaban J connectivity index is 1.72. The number of nitrogens with zero attached hydrogens (tertiary/aromatic N) is 2. The zero-order chi connectivity index (χ0) is 26.3. The number of aromatic nitrogens is 1. The van der Waals surface area contributed by atoms with Crippen LogP contribution in [0, 0.1) is 13.8 Å². The van der Waals surface area contributed by atoms with Gasteiger partial charge in [-0.05, 0) is 68.3 Å². The first kappa shape index (κ1) is 24.5. The van der Waals surface area contributed by atoms with Crippen LogP contribution in [-0.4, -0.2) is 35.5 Å². The van der Waals surface area contributed by atoms with Crippen LogP contribution < -0.4 is 14.4 Å². The van der Waals surface area contributed by atoms with E-state index in [0.717, 1.165) is 15.8 Å². The molecule has 37 heavy (non-hydrogen) atoms. The summed E-state index contributed by atoms with van der Waals surface area (Å²) in [4.78, 5) is 33.0. The first-order chi connectivity index (χ1) is 17.8. The highest BCUT2D eigenvalue weighted by atomic mass is 32.1. The number of aryl methyl sites for hydroxylation is 2. The molecule has 1 aliphatic heterocycles. The van der Waals surface area contributed by atoms with Gasteiger partial charge in [-0.3, -0.25) is 14.5 Å². The Morgan fingerprint density at radius 1 is 1.03 bits per heavy atom. The van der Waals surface area contributed by atoms with Gasteiger partial charge in [0.2, 0.25) is 0 Å². The average Bonchev–Trinajstić information content (AvgIpc) is 3.43. The topological polar surface area (TPSA) is 89.0 Å². The molecule has 0 aliphatic carbocycles. The molecule has 1 fully saturated rings. The first-order valence-corrected chi connectivity index (χ1v) is 12.7. The average molecular weight is 515 g/mol. The minimum absolute atomic E-state index is 0.0275. The molecule has 0 spiro atoms. The van der Waals surface area contributed by atoms with E-state index in [0.29, 0.717) is 39.9 Å². The Labute approximate surface area is 218 Å². The van der Waals surface area contributed by atoms with Crippen molar-refractivity contribution in [2.45, 2.75) is 26.8 Å². The molecule has 188 valence electrons. The van der Waals surface area contributed by atoms with Crippen molar-refractivity contribution in [2.75, 3.05) is 18.6 Å². The molecule has 2 heterocycles. The van der Waals surface area contributed by atoms with Gasteiger partial charge in [0.05, 0.1) is 35.5 Å². The fourth-order valence-electron chi connectivity index (χ4n) is 4.52. The van der Waals surface area contributed by atoms with Crippen LogP contribution in [0.4, 0.5) is 5.13 Å². The summed E-state index contributed by atoms with van der Waals surface area (Å²) in [7, 11) is 1.58. The molecule has 1 N–H and O–H groups in total. The molecule has 0 saturated carbocycles. The fraction of sp³-hybridized carbons (Fsp3) is 0.207. The molecule has 4 aromatic rings. The van der Waals surface area contributed by atoms with E-state index >= 15 is 0 Å². The lowest BCUT2D eigenvalue weighted by atomic mass is 9.93. The molecule has 3 aromatic carbocycles. The van der Waals surface area contributed by atoms with Crippen molar-refractivity contribution in [3.63, 3.8) is 0 Å². The van der Waals surface area contributed by atoms with E-state index in [1.54, 1.807) is 37.4 Å². The number of amides is 1. The van der Waals surface area contributed by atoms with Crippen LogP contribution in [-0.2, 0) is 9.59 Å². The van der Waals surface area contributed by atoms with Crippen molar-refractivity contribution in [3.05, 3.63) is 88.5 Å². The van der Waals surface area contributed by atoms with Crippen molar-refractivity contribution < 1.29 is 24.2 Å². The van der Waals surface area contributed by atoms with E-state index in [1.807, 2.05) is 51.1 Å². The van der Waals surface area contributed by atoms with E-state index in [1.165, 1.54) is 16.2 Å². The number of Topliss-reactive ketones (excluding diaryl/α,β-unsaturated/α-hetero) is 1. The molecule has 7 nitrogen and oxygen atoms in total. The maximum absolute atomic E-state index is 13.5. The van der Waals surface area contributed by atoms with Crippen LogP contribution in [0.25, 0.3) is 16.0 Å². The number of hydrogen-bond acceptors (Lipinski definition) is 7. The molecule has 1 atom stereocenters. The Morgan fingerprint density at radius 3 is 2.46 bits per heavy atom. The molecule has 8 heteroatoms. The number of aliphatic hydroxyl groups excluding tert-OH is 1. The molecule has 1 saturated heterocycles. The van der Waals surface area contributed by atoms with E-state index in [4.69, 9.17) is 9.47 Å². The summed E-state index contributed by atoms with van der Waals surface area (Å²) >= 11 is 1.29. The van der Waals surface area contributed by atoms with Crippen LogP contribution in [0.5, 0.6) is 11.5 Å². The number of thiazole rings is 1. The third kappa shape index (κ3) is 4.34. The number of ketones is 1. The summed E-state index contributed by atoms with van der Waals surface area (Å²) in [5, 5.41) is 11.8. The summed E-state index contributed by atoms with van der Waals surface area (Å²) in [5.41, 5.74) is 3.61. The quantitative estimate of drug-likeness (QED) is 0.194. The van der Waals surface area contributed by atoms with Gasteiger partial charge in [-0.2, -0.15) is 0 Å². The fourth-order valence-corrected chi connectivity index (χ4v) is 5.54. The number of methoxy groups -OCH3 is 1. The maximum Gasteiger partial charge on any atom is 0.301 e.